The van der Waals surface area contributed by atoms with Gasteiger partial charge in [-0.3, -0.25) is 0 Å². The van der Waals surface area contributed by atoms with E-state index in [1.807, 2.05) is 12.1 Å². The molecule has 5 nitrogen and oxygen atoms in total. The van der Waals surface area contributed by atoms with E-state index in [1.165, 1.54) is 0 Å². The molecule has 3 rings (SSSR count). The molecule has 0 spiro atoms. The summed E-state index contributed by atoms with van der Waals surface area (Å²) in [6, 6.07) is 14.3. The van der Waals surface area contributed by atoms with Crippen LogP contribution in [0, 0.1) is 0 Å². The first-order valence-corrected chi connectivity index (χ1v) is 6.65. The molecule has 0 aliphatic heterocycles. The van der Waals surface area contributed by atoms with E-state index in [0.29, 0.717) is 28.2 Å². The Morgan fingerprint density at radius 3 is 2.43 bits per heavy atom. The lowest BCUT2D eigenvalue weighted by Crippen LogP contribution is -1.95. The Kier molecular flexibility index (Phi) is 3.75. The van der Waals surface area contributed by atoms with Gasteiger partial charge in [-0.15, -0.1) is 10.2 Å². The van der Waals surface area contributed by atoms with Gasteiger partial charge in [-0.25, -0.2) is 0 Å². The van der Waals surface area contributed by atoms with E-state index < -0.39 is 0 Å². The average molecular weight is 302 g/mol. The van der Waals surface area contributed by atoms with Gasteiger partial charge in [0.15, 0.2) is 6.61 Å². The normalized spacial score (nSPS) is 10.5. The quantitative estimate of drug-likeness (QED) is 0.746. The molecule has 2 aromatic carbocycles. The number of halogens is 1. The van der Waals surface area contributed by atoms with Crippen LogP contribution in [-0.2, 0) is 6.61 Å². The van der Waals surface area contributed by atoms with E-state index in [4.69, 9.17) is 26.5 Å². The third-order valence-electron chi connectivity index (χ3n) is 2.80. The number of nitrogens with zero attached hydrogens (tertiary/aromatic N) is 2. The number of anilines is 1. The molecular formula is C15H12ClN3O2. The van der Waals surface area contributed by atoms with Gasteiger partial charge in [0, 0.05) is 16.3 Å². The van der Waals surface area contributed by atoms with Crippen molar-refractivity contribution >= 4 is 17.3 Å². The smallest absolute Gasteiger partial charge is 0.254 e. The summed E-state index contributed by atoms with van der Waals surface area (Å²) in [5.74, 6) is 1.52. The molecule has 21 heavy (non-hydrogen) atoms. The Morgan fingerprint density at radius 1 is 1.00 bits per heavy atom. The molecule has 0 aliphatic rings. The standard InChI is InChI=1S/C15H12ClN3O2/c16-11-3-1-10(2-4-11)15-19-18-14(21-15)9-20-13-7-5-12(17)6-8-13/h1-8H,9,17H2. The topological polar surface area (TPSA) is 74.2 Å². The van der Waals surface area contributed by atoms with Gasteiger partial charge in [-0.1, -0.05) is 11.6 Å². The fraction of sp³-hybridized carbons (Fsp3) is 0.0667. The van der Waals surface area contributed by atoms with Crippen LogP contribution in [0.3, 0.4) is 0 Å². The maximum atomic E-state index is 5.84. The van der Waals surface area contributed by atoms with Crippen molar-refractivity contribution in [1.29, 1.82) is 0 Å². The molecule has 106 valence electrons. The average Bonchev–Trinajstić information content (AvgIpc) is 2.96. The monoisotopic (exact) mass is 301 g/mol. The number of nitrogen functional groups attached to an aromatic ring is 1. The second-order valence-corrected chi connectivity index (χ2v) is 4.80. The van der Waals surface area contributed by atoms with Gasteiger partial charge in [0.2, 0.25) is 5.89 Å². The molecule has 0 amide bonds. The van der Waals surface area contributed by atoms with Crippen molar-refractivity contribution in [3.05, 3.63) is 59.4 Å². The minimum Gasteiger partial charge on any atom is -0.484 e. The molecule has 0 saturated heterocycles. The van der Waals surface area contributed by atoms with Gasteiger partial charge >= 0.3 is 0 Å². The number of ether oxygens (including phenoxy) is 1. The van der Waals surface area contributed by atoms with E-state index in [1.54, 1.807) is 36.4 Å². The fourth-order valence-electron chi connectivity index (χ4n) is 1.73. The molecule has 1 heterocycles. The van der Waals surface area contributed by atoms with Crippen molar-refractivity contribution in [1.82, 2.24) is 10.2 Å². The Balaban J connectivity index is 1.67. The Hall–Kier alpha value is -2.53. The molecule has 0 radical (unpaired) electrons. The lowest BCUT2D eigenvalue weighted by atomic mass is 10.2. The number of hydrogen-bond donors (Lipinski definition) is 1. The molecular weight excluding hydrogens is 290 g/mol. The van der Waals surface area contributed by atoms with Crippen molar-refractivity contribution in [2.45, 2.75) is 6.61 Å². The zero-order valence-electron chi connectivity index (χ0n) is 11.0. The van der Waals surface area contributed by atoms with E-state index in [2.05, 4.69) is 10.2 Å². The van der Waals surface area contributed by atoms with Crippen LogP contribution >= 0.6 is 11.6 Å². The zero-order chi connectivity index (χ0) is 14.7. The Morgan fingerprint density at radius 2 is 1.71 bits per heavy atom. The van der Waals surface area contributed by atoms with Crippen molar-refractivity contribution in [3.8, 4) is 17.2 Å². The summed E-state index contributed by atoms with van der Waals surface area (Å²) < 4.78 is 11.1. The van der Waals surface area contributed by atoms with Crippen LogP contribution < -0.4 is 10.5 Å². The molecule has 0 atom stereocenters. The van der Waals surface area contributed by atoms with Crippen LogP contribution in [0.1, 0.15) is 5.89 Å². The Labute approximate surface area is 126 Å². The first kappa shape index (κ1) is 13.5. The second-order valence-electron chi connectivity index (χ2n) is 4.37. The highest BCUT2D eigenvalue weighted by Crippen LogP contribution is 2.21. The maximum absolute atomic E-state index is 5.84. The summed E-state index contributed by atoms with van der Waals surface area (Å²) in [7, 11) is 0. The molecule has 3 aromatic rings. The number of rotatable bonds is 4. The minimum absolute atomic E-state index is 0.199. The van der Waals surface area contributed by atoms with Crippen LogP contribution in [0.25, 0.3) is 11.5 Å². The molecule has 2 N–H and O–H groups in total. The van der Waals surface area contributed by atoms with E-state index in [9.17, 15) is 0 Å². The summed E-state index contributed by atoms with van der Waals surface area (Å²) in [5.41, 5.74) is 7.10. The van der Waals surface area contributed by atoms with Crippen molar-refractivity contribution < 1.29 is 9.15 Å². The predicted octanol–water partition coefficient (Wildman–Crippen LogP) is 3.55. The molecule has 1 aromatic heterocycles. The summed E-state index contributed by atoms with van der Waals surface area (Å²) in [4.78, 5) is 0. The third kappa shape index (κ3) is 3.32. The molecule has 0 unspecified atom stereocenters. The van der Waals surface area contributed by atoms with Gasteiger partial charge in [-0.05, 0) is 48.5 Å². The van der Waals surface area contributed by atoms with Crippen LogP contribution in [0.15, 0.2) is 52.9 Å². The summed E-state index contributed by atoms with van der Waals surface area (Å²) in [6.07, 6.45) is 0. The molecule has 0 bridgehead atoms. The van der Waals surface area contributed by atoms with E-state index in [0.717, 1.165) is 5.56 Å². The third-order valence-corrected chi connectivity index (χ3v) is 3.05. The lowest BCUT2D eigenvalue weighted by molar-refractivity contribution is 0.264. The minimum atomic E-state index is 0.199. The van der Waals surface area contributed by atoms with Crippen molar-refractivity contribution in [2.24, 2.45) is 0 Å². The van der Waals surface area contributed by atoms with E-state index >= 15 is 0 Å². The second kappa shape index (κ2) is 5.85. The number of nitrogens with two attached hydrogens (primary N) is 1. The zero-order valence-corrected chi connectivity index (χ0v) is 11.7. The van der Waals surface area contributed by atoms with Gasteiger partial charge in [0.05, 0.1) is 0 Å². The highest BCUT2D eigenvalue weighted by atomic mass is 35.5. The Bertz CT molecular complexity index is 723. The maximum Gasteiger partial charge on any atom is 0.254 e. The van der Waals surface area contributed by atoms with Crippen LogP contribution in [0.5, 0.6) is 5.75 Å². The van der Waals surface area contributed by atoms with Crippen LogP contribution in [0.4, 0.5) is 5.69 Å². The molecule has 6 heteroatoms. The van der Waals surface area contributed by atoms with Crippen molar-refractivity contribution in [3.63, 3.8) is 0 Å². The highest BCUT2D eigenvalue weighted by molar-refractivity contribution is 6.30. The SMILES string of the molecule is Nc1ccc(OCc2nnc(-c3ccc(Cl)cc3)o2)cc1. The largest absolute Gasteiger partial charge is 0.484 e. The first-order valence-electron chi connectivity index (χ1n) is 6.27. The fourth-order valence-corrected chi connectivity index (χ4v) is 1.86. The summed E-state index contributed by atoms with van der Waals surface area (Å²) >= 11 is 5.84. The molecule has 0 fully saturated rings. The summed E-state index contributed by atoms with van der Waals surface area (Å²) in [5, 5.41) is 8.59. The van der Waals surface area contributed by atoms with Gasteiger partial charge < -0.3 is 14.9 Å². The van der Waals surface area contributed by atoms with Crippen LogP contribution in [0.2, 0.25) is 5.02 Å². The van der Waals surface area contributed by atoms with Gasteiger partial charge in [-0.2, -0.15) is 0 Å². The van der Waals surface area contributed by atoms with Crippen molar-refractivity contribution in [2.75, 3.05) is 5.73 Å². The predicted molar refractivity (Wildman–Crippen MR) is 79.9 cm³/mol. The number of hydrogen-bond acceptors (Lipinski definition) is 5. The lowest BCUT2D eigenvalue weighted by Gasteiger charge is -2.02. The number of benzene rings is 2. The van der Waals surface area contributed by atoms with E-state index in [-0.39, 0.29) is 6.61 Å². The highest BCUT2D eigenvalue weighted by Gasteiger charge is 2.09. The molecule has 0 saturated carbocycles. The molecule has 0 aliphatic carbocycles. The van der Waals surface area contributed by atoms with Crippen LogP contribution in [-0.4, -0.2) is 10.2 Å². The summed E-state index contributed by atoms with van der Waals surface area (Å²) in [6.45, 7) is 0.199. The van der Waals surface area contributed by atoms with Gasteiger partial charge in [0.1, 0.15) is 5.75 Å². The first-order chi connectivity index (χ1) is 10.2. The van der Waals surface area contributed by atoms with Gasteiger partial charge in [0.25, 0.3) is 5.89 Å². The number of aromatic nitrogens is 2.